The number of phenols is 2. The zero-order valence-electron chi connectivity index (χ0n) is 31.6. The van der Waals surface area contributed by atoms with Gasteiger partial charge in [-0.15, -0.1) is 0 Å². The van der Waals surface area contributed by atoms with Gasteiger partial charge in [0.2, 0.25) is 17.4 Å². The lowest BCUT2D eigenvalue weighted by Gasteiger charge is -2.46. The van der Waals surface area contributed by atoms with Crippen LogP contribution in [0.3, 0.4) is 0 Å². The van der Waals surface area contributed by atoms with E-state index in [0.29, 0.717) is 68.5 Å². The quantitative estimate of drug-likeness (QED) is 0.125. The number of carbonyl (C=O) groups excluding carboxylic acids is 2. The molecule has 2 saturated heterocycles. The van der Waals surface area contributed by atoms with Crippen LogP contribution in [0.15, 0.2) is 72.8 Å². The van der Waals surface area contributed by atoms with Gasteiger partial charge in [0.05, 0.1) is 86.3 Å². The number of β-lactam (4-membered cyclic amide) rings is 2. The Hall–Kier alpha value is -6.44. The van der Waals surface area contributed by atoms with Crippen molar-refractivity contribution in [1.29, 1.82) is 0 Å². The number of ether oxygens (including phenoxy) is 8. The summed E-state index contributed by atoms with van der Waals surface area (Å²) in [6, 6.07) is 16.4. The fraction of sp³-hybridized carbons (Fsp3) is 0.300. The lowest BCUT2D eigenvalue weighted by molar-refractivity contribution is -0.129. The highest BCUT2D eigenvalue weighted by molar-refractivity contribution is 6.15. The van der Waals surface area contributed by atoms with Crippen molar-refractivity contribution >= 4 is 23.2 Å². The van der Waals surface area contributed by atoms with Gasteiger partial charge in [0.15, 0.2) is 46.0 Å². The molecule has 2 aliphatic heterocycles. The molecule has 2 N–H and O–H groups in total. The van der Waals surface area contributed by atoms with Gasteiger partial charge in [-0.2, -0.15) is 0 Å². The standard InChI is InChI=1S/C20H23NO6.C20H21NO6/c2*1-11-18(12-6-7-15(24-2)14(22)8-12)21(20(11)23)13-9-16(25-3)19(27-5)17(10-13)26-4/h6-11,18,22H,1-5H3;6-10,18,22H,1H2,2-5H3/t11-,18-;18-/m11/s1. The summed E-state index contributed by atoms with van der Waals surface area (Å²) in [5.74, 6) is 3.01. The van der Waals surface area contributed by atoms with Crippen LogP contribution in [-0.2, 0) is 9.59 Å². The Morgan fingerprint density at radius 2 is 0.926 bits per heavy atom. The SMILES string of the molecule is C=C1C(=O)N(c2cc(OC)c(OC)c(OC)c2)[C@H]1c1ccc(OC)c(O)c1.COc1ccc([C@H]2[C@@H](C)C(=O)N2c2cc(OC)c(OC)c(OC)c2)cc1O. The number of hydrogen-bond donors (Lipinski definition) is 2. The van der Waals surface area contributed by atoms with Crippen LogP contribution in [0.5, 0.6) is 57.5 Å². The molecular weight excluding hydrogens is 700 g/mol. The molecule has 286 valence electrons. The first-order valence-electron chi connectivity index (χ1n) is 16.6. The maximum atomic E-state index is 12.6. The largest absolute Gasteiger partial charge is 0.504 e. The maximum absolute atomic E-state index is 12.6. The van der Waals surface area contributed by atoms with Gasteiger partial charge in [-0.1, -0.05) is 25.6 Å². The number of rotatable bonds is 12. The molecule has 2 aliphatic rings. The van der Waals surface area contributed by atoms with Gasteiger partial charge in [-0.3, -0.25) is 14.5 Å². The Balaban J connectivity index is 0.000000208. The highest BCUT2D eigenvalue weighted by Crippen LogP contribution is 2.50. The predicted octanol–water partition coefficient (Wildman–Crippen LogP) is 6.22. The van der Waals surface area contributed by atoms with Crippen molar-refractivity contribution in [2.75, 3.05) is 66.7 Å². The van der Waals surface area contributed by atoms with Crippen LogP contribution in [-0.4, -0.2) is 78.9 Å². The normalized spacial score (nSPS) is 17.4. The molecule has 0 unspecified atom stereocenters. The summed E-state index contributed by atoms with van der Waals surface area (Å²) in [7, 11) is 12.1. The summed E-state index contributed by atoms with van der Waals surface area (Å²) in [6.07, 6.45) is 0. The second kappa shape index (κ2) is 16.1. The monoisotopic (exact) mass is 744 g/mol. The van der Waals surface area contributed by atoms with Gasteiger partial charge in [0, 0.05) is 29.8 Å². The molecule has 4 aromatic carbocycles. The number of methoxy groups -OCH3 is 8. The highest BCUT2D eigenvalue weighted by Gasteiger charge is 2.47. The number of benzene rings is 4. The van der Waals surface area contributed by atoms with E-state index >= 15 is 0 Å². The number of hydrogen-bond acceptors (Lipinski definition) is 12. The van der Waals surface area contributed by atoms with E-state index in [-0.39, 0.29) is 35.3 Å². The molecule has 0 bridgehead atoms. The first kappa shape index (κ1) is 38.8. The summed E-state index contributed by atoms with van der Waals surface area (Å²) in [5, 5.41) is 20.2. The van der Waals surface area contributed by atoms with Crippen molar-refractivity contribution < 1.29 is 57.7 Å². The zero-order valence-corrected chi connectivity index (χ0v) is 31.6. The van der Waals surface area contributed by atoms with Crippen molar-refractivity contribution in [3.05, 3.63) is 83.9 Å². The average molecular weight is 745 g/mol. The molecule has 0 saturated carbocycles. The van der Waals surface area contributed by atoms with Gasteiger partial charge in [0.25, 0.3) is 5.91 Å². The van der Waals surface area contributed by atoms with Crippen LogP contribution in [0.2, 0.25) is 0 Å². The van der Waals surface area contributed by atoms with E-state index in [1.807, 2.05) is 13.0 Å². The molecule has 14 heteroatoms. The number of nitrogens with zero attached hydrogens (tertiary/aromatic N) is 2. The Kier molecular flexibility index (Phi) is 11.5. The van der Waals surface area contributed by atoms with Gasteiger partial charge < -0.3 is 53.0 Å². The number of aromatic hydroxyl groups is 2. The molecule has 54 heavy (non-hydrogen) atoms. The molecule has 0 aliphatic carbocycles. The highest BCUT2D eigenvalue weighted by atomic mass is 16.5. The number of anilines is 2. The molecule has 3 atom stereocenters. The molecule has 0 aromatic heterocycles. The number of carbonyl (C=O) groups is 2. The van der Waals surface area contributed by atoms with E-state index in [9.17, 15) is 19.8 Å². The van der Waals surface area contributed by atoms with Gasteiger partial charge >= 0.3 is 0 Å². The Bertz CT molecular complexity index is 2010. The maximum Gasteiger partial charge on any atom is 0.256 e. The summed E-state index contributed by atoms with van der Waals surface area (Å²) in [4.78, 5) is 28.4. The van der Waals surface area contributed by atoms with Crippen molar-refractivity contribution in [3.8, 4) is 57.5 Å². The second-order valence-electron chi connectivity index (χ2n) is 12.2. The van der Waals surface area contributed by atoms with Crippen LogP contribution >= 0.6 is 0 Å². The molecule has 14 nitrogen and oxygen atoms in total. The van der Waals surface area contributed by atoms with E-state index in [2.05, 4.69) is 6.58 Å². The lowest BCUT2D eigenvalue weighted by Crippen LogP contribution is -2.54. The van der Waals surface area contributed by atoms with Gasteiger partial charge in [0.1, 0.15) is 0 Å². The van der Waals surface area contributed by atoms with E-state index in [4.69, 9.17) is 37.9 Å². The van der Waals surface area contributed by atoms with Crippen molar-refractivity contribution in [2.45, 2.75) is 19.0 Å². The van der Waals surface area contributed by atoms with Crippen LogP contribution in [0.4, 0.5) is 11.4 Å². The minimum Gasteiger partial charge on any atom is -0.504 e. The van der Waals surface area contributed by atoms with Crippen LogP contribution in [0, 0.1) is 5.92 Å². The van der Waals surface area contributed by atoms with E-state index < -0.39 is 6.04 Å². The number of amides is 2. The first-order chi connectivity index (χ1) is 25.9. The molecule has 6 rings (SSSR count). The molecular formula is C40H44N2O12. The molecule has 2 heterocycles. The molecule has 4 aromatic rings. The van der Waals surface area contributed by atoms with Crippen molar-refractivity contribution in [3.63, 3.8) is 0 Å². The zero-order chi connectivity index (χ0) is 39.4. The fourth-order valence-electron chi connectivity index (χ4n) is 6.63. The summed E-state index contributed by atoms with van der Waals surface area (Å²) in [6.45, 7) is 5.74. The predicted molar refractivity (Wildman–Crippen MR) is 200 cm³/mol. The summed E-state index contributed by atoms with van der Waals surface area (Å²) in [5.41, 5.74) is 3.16. The van der Waals surface area contributed by atoms with E-state index in [0.717, 1.165) is 5.56 Å². The van der Waals surface area contributed by atoms with Gasteiger partial charge in [-0.25, -0.2) is 0 Å². The minimum absolute atomic E-state index is 0.00742. The van der Waals surface area contributed by atoms with E-state index in [1.54, 1.807) is 64.4 Å². The lowest BCUT2D eigenvalue weighted by atomic mass is 9.83. The van der Waals surface area contributed by atoms with Crippen molar-refractivity contribution in [2.24, 2.45) is 5.92 Å². The second-order valence-corrected chi connectivity index (χ2v) is 12.2. The Morgan fingerprint density at radius 3 is 1.31 bits per heavy atom. The third-order valence-corrected chi connectivity index (χ3v) is 9.38. The number of phenolic OH excluding ortho intramolecular Hbond substituents is 2. The summed E-state index contributed by atoms with van der Waals surface area (Å²) >= 11 is 0. The minimum atomic E-state index is -0.419. The van der Waals surface area contributed by atoms with Crippen LogP contribution in [0.25, 0.3) is 0 Å². The van der Waals surface area contributed by atoms with Crippen LogP contribution in [0.1, 0.15) is 30.1 Å². The molecule has 0 spiro atoms. The van der Waals surface area contributed by atoms with E-state index in [1.165, 1.54) is 56.9 Å². The average Bonchev–Trinajstić information content (AvgIpc) is 3.19. The third kappa shape index (κ3) is 6.77. The smallest absolute Gasteiger partial charge is 0.256 e. The summed E-state index contributed by atoms with van der Waals surface area (Å²) < 4.78 is 42.4. The topological polar surface area (TPSA) is 155 Å². The van der Waals surface area contributed by atoms with Crippen LogP contribution < -0.4 is 47.7 Å². The fourth-order valence-corrected chi connectivity index (χ4v) is 6.63. The third-order valence-electron chi connectivity index (χ3n) is 9.38. The van der Waals surface area contributed by atoms with Gasteiger partial charge in [-0.05, 0) is 35.4 Å². The molecule has 2 fully saturated rings. The van der Waals surface area contributed by atoms with Crippen molar-refractivity contribution in [1.82, 2.24) is 0 Å². The Labute approximate surface area is 313 Å². The molecule has 0 radical (unpaired) electrons. The molecule has 2 amide bonds. The first-order valence-corrected chi connectivity index (χ1v) is 16.6. The Morgan fingerprint density at radius 1 is 0.537 bits per heavy atom.